The molecule has 2 rings (SSSR count). The van der Waals surface area contributed by atoms with Crippen molar-refractivity contribution in [1.82, 2.24) is 0 Å². The third-order valence-corrected chi connectivity index (χ3v) is 2.77. The van der Waals surface area contributed by atoms with Crippen molar-refractivity contribution in [1.29, 1.82) is 0 Å². The van der Waals surface area contributed by atoms with Crippen molar-refractivity contribution in [3.63, 3.8) is 0 Å². The van der Waals surface area contributed by atoms with Gasteiger partial charge in [0, 0.05) is 12.1 Å². The third kappa shape index (κ3) is 1.49. The van der Waals surface area contributed by atoms with E-state index in [1.807, 2.05) is 0 Å². The third-order valence-electron chi connectivity index (χ3n) is 2.77. The highest BCUT2D eigenvalue weighted by Crippen LogP contribution is 2.28. The minimum absolute atomic E-state index is 0.691. The summed E-state index contributed by atoms with van der Waals surface area (Å²) in [4.78, 5) is 0. The van der Waals surface area contributed by atoms with Gasteiger partial charge >= 0.3 is 0 Å². The first-order valence-corrected chi connectivity index (χ1v) is 4.75. The molecule has 1 heterocycles. The van der Waals surface area contributed by atoms with Crippen LogP contribution in [0.3, 0.4) is 0 Å². The van der Waals surface area contributed by atoms with Crippen LogP contribution in [0.5, 0.6) is 0 Å². The van der Waals surface area contributed by atoms with E-state index in [2.05, 4.69) is 10.2 Å². The Hall–Kier alpha value is -0.860. The molecule has 0 amide bonds. The van der Waals surface area contributed by atoms with Crippen LogP contribution < -0.4 is 5.73 Å². The van der Waals surface area contributed by atoms with Crippen LogP contribution in [-0.2, 0) is 0 Å². The van der Waals surface area contributed by atoms with Crippen LogP contribution in [0.15, 0.2) is 10.2 Å². The summed E-state index contributed by atoms with van der Waals surface area (Å²) in [7, 11) is 0. The highest BCUT2D eigenvalue weighted by Gasteiger charge is 2.22. The van der Waals surface area contributed by atoms with E-state index in [0.29, 0.717) is 5.84 Å². The number of nitrogens with zero attached hydrogens (tertiary/aromatic N) is 2. The van der Waals surface area contributed by atoms with Crippen molar-refractivity contribution in [2.24, 2.45) is 21.9 Å². The van der Waals surface area contributed by atoms with Crippen LogP contribution in [0.25, 0.3) is 0 Å². The van der Waals surface area contributed by atoms with Gasteiger partial charge in [0.1, 0.15) is 5.84 Å². The molecule has 0 aromatic heterocycles. The molecule has 3 nitrogen and oxygen atoms in total. The molecule has 0 saturated heterocycles. The second-order valence-corrected chi connectivity index (χ2v) is 3.66. The Morgan fingerprint density at radius 3 is 2.42 bits per heavy atom. The Labute approximate surface area is 72.7 Å². The second-order valence-electron chi connectivity index (χ2n) is 3.66. The van der Waals surface area contributed by atoms with Crippen molar-refractivity contribution >= 4 is 11.5 Å². The SMILES string of the molecule is NC1=NN=C(C2CCCC2)CC1. The predicted molar refractivity (Wildman–Crippen MR) is 50.2 cm³/mol. The van der Waals surface area contributed by atoms with Gasteiger partial charge in [-0.3, -0.25) is 0 Å². The number of hydrogen-bond acceptors (Lipinski definition) is 3. The lowest BCUT2D eigenvalue weighted by Crippen LogP contribution is -2.20. The Morgan fingerprint density at radius 1 is 1.08 bits per heavy atom. The summed E-state index contributed by atoms with van der Waals surface area (Å²) in [5, 5.41) is 8.11. The molecular formula is C9H15N3. The zero-order valence-corrected chi connectivity index (χ0v) is 7.29. The normalized spacial score (nSPS) is 25.3. The Kier molecular flexibility index (Phi) is 2.11. The van der Waals surface area contributed by atoms with E-state index >= 15 is 0 Å². The predicted octanol–water partition coefficient (Wildman–Crippen LogP) is 1.68. The molecule has 66 valence electrons. The molecule has 0 bridgehead atoms. The molecule has 0 spiro atoms. The largest absolute Gasteiger partial charge is 0.386 e. The maximum atomic E-state index is 5.54. The van der Waals surface area contributed by atoms with Crippen molar-refractivity contribution in [2.45, 2.75) is 38.5 Å². The van der Waals surface area contributed by atoms with Gasteiger partial charge in [0.05, 0.1) is 0 Å². The number of nitrogens with two attached hydrogens (primary N) is 1. The zero-order chi connectivity index (χ0) is 8.39. The van der Waals surface area contributed by atoms with E-state index in [1.54, 1.807) is 0 Å². The second kappa shape index (κ2) is 3.25. The summed E-state index contributed by atoms with van der Waals surface area (Å²) >= 11 is 0. The summed E-state index contributed by atoms with van der Waals surface area (Å²) < 4.78 is 0. The van der Waals surface area contributed by atoms with Crippen LogP contribution in [-0.4, -0.2) is 11.5 Å². The van der Waals surface area contributed by atoms with Gasteiger partial charge in [0.25, 0.3) is 0 Å². The van der Waals surface area contributed by atoms with Gasteiger partial charge in [-0.05, 0) is 25.2 Å². The zero-order valence-electron chi connectivity index (χ0n) is 7.29. The van der Waals surface area contributed by atoms with Gasteiger partial charge < -0.3 is 5.73 Å². The monoisotopic (exact) mass is 165 g/mol. The van der Waals surface area contributed by atoms with E-state index in [-0.39, 0.29) is 0 Å². The molecule has 0 unspecified atom stereocenters. The van der Waals surface area contributed by atoms with Gasteiger partial charge in [-0.25, -0.2) is 0 Å². The molecule has 0 aromatic carbocycles. The molecule has 1 fully saturated rings. The molecule has 3 heteroatoms. The fourth-order valence-corrected chi connectivity index (χ4v) is 2.03. The topological polar surface area (TPSA) is 50.7 Å². The van der Waals surface area contributed by atoms with Gasteiger partial charge in [-0.2, -0.15) is 5.10 Å². The van der Waals surface area contributed by atoms with Crippen molar-refractivity contribution in [2.75, 3.05) is 0 Å². The van der Waals surface area contributed by atoms with Crippen molar-refractivity contribution < 1.29 is 0 Å². The number of rotatable bonds is 1. The standard InChI is InChI=1S/C9H15N3/c10-9-6-5-8(11-12-9)7-3-1-2-4-7/h7H,1-6H2,(H2,10,12). The van der Waals surface area contributed by atoms with E-state index < -0.39 is 0 Å². The first-order chi connectivity index (χ1) is 5.86. The summed E-state index contributed by atoms with van der Waals surface area (Å²) in [5.41, 5.74) is 6.83. The van der Waals surface area contributed by atoms with Gasteiger partial charge in [0.15, 0.2) is 0 Å². The quantitative estimate of drug-likeness (QED) is 0.631. The van der Waals surface area contributed by atoms with Crippen LogP contribution in [0.2, 0.25) is 0 Å². The van der Waals surface area contributed by atoms with E-state index in [9.17, 15) is 0 Å². The van der Waals surface area contributed by atoms with Crippen LogP contribution in [0, 0.1) is 5.92 Å². The summed E-state index contributed by atoms with van der Waals surface area (Å²) in [6, 6.07) is 0. The molecule has 1 saturated carbocycles. The van der Waals surface area contributed by atoms with Gasteiger partial charge in [0.2, 0.25) is 0 Å². The highest BCUT2D eigenvalue weighted by molar-refractivity contribution is 5.94. The smallest absolute Gasteiger partial charge is 0.122 e. The van der Waals surface area contributed by atoms with Crippen molar-refractivity contribution in [3.05, 3.63) is 0 Å². The van der Waals surface area contributed by atoms with Crippen LogP contribution >= 0.6 is 0 Å². The first kappa shape index (κ1) is 7.77. The lowest BCUT2D eigenvalue weighted by atomic mass is 9.97. The molecule has 0 atom stereocenters. The van der Waals surface area contributed by atoms with Gasteiger partial charge in [-0.15, -0.1) is 5.10 Å². The maximum absolute atomic E-state index is 5.54. The summed E-state index contributed by atoms with van der Waals surface area (Å²) in [6.07, 6.45) is 7.31. The Balaban J connectivity index is 2.04. The van der Waals surface area contributed by atoms with Crippen LogP contribution in [0.1, 0.15) is 38.5 Å². The molecular weight excluding hydrogens is 150 g/mol. The fourth-order valence-electron chi connectivity index (χ4n) is 2.03. The Bertz CT molecular complexity index is 224. The van der Waals surface area contributed by atoms with E-state index in [1.165, 1.54) is 31.4 Å². The summed E-state index contributed by atoms with van der Waals surface area (Å²) in [5.74, 6) is 1.42. The summed E-state index contributed by atoms with van der Waals surface area (Å²) in [6.45, 7) is 0. The molecule has 0 aromatic rings. The molecule has 12 heavy (non-hydrogen) atoms. The maximum Gasteiger partial charge on any atom is 0.122 e. The average molecular weight is 165 g/mol. The molecule has 2 aliphatic rings. The minimum Gasteiger partial charge on any atom is -0.386 e. The van der Waals surface area contributed by atoms with Crippen LogP contribution in [0.4, 0.5) is 0 Å². The molecule has 0 radical (unpaired) electrons. The highest BCUT2D eigenvalue weighted by atomic mass is 15.2. The van der Waals surface area contributed by atoms with E-state index in [0.717, 1.165) is 18.8 Å². The Morgan fingerprint density at radius 2 is 1.83 bits per heavy atom. The first-order valence-electron chi connectivity index (χ1n) is 4.75. The molecule has 1 aliphatic heterocycles. The van der Waals surface area contributed by atoms with Crippen molar-refractivity contribution in [3.8, 4) is 0 Å². The molecule has 2 N–H and O–H groups in total. The van der Waals surface area contributed by atoms with E-state index in [4.69, 9.17) is 5.73 Å². The van der Waals surface area contributed by atoms with Gasteiger partial charge in [-0.1, -0.05) is 12.8 Å². The lowest BCUT2D eigenvalue weighted by Gasteiger charge is -2.14. The number of hydrogen-bond donors (Lipinski definition) is 1. The average Bonchev–Trinajstić information content (AvgIpc) is 2.58. The fraction of sp³-hybridized carbons (Fsp3) is 0.778. The number of amidine groups is 1. The lowest BCUT2D eigenvalue weighted by molar-refractivity contribution is 0.702. The molecule has 1 aliphatic carbocycles. The minimum atomic E-state index is 0.691.